The number of aliphatic hydroxyl groups is 1. The van der Waals surface area contributed by atoms with Crippen LogP contribution in [0.25, 0.3) is 11.3 Å². The van der Waals surface area contributed by atoms with Gasteiger partial charge in [0.05, 0.1) is 17.2 Å². The second-order valence-electron chi connectivity index (χ2n) is 6.32. The summed E-state index contributed by atoms with van der Waals surface area (Å²) in [5.74, 6) is 0. The SMILES string of the molecule is Cn1cc(CN2CCN(CCO)CC2)c(-c2ccc([N+](=O)[O-])cc2)n1. The lowest BCUT2D eigenvalue weighted by atomic mass is 10.1. The maximum absolute atomic E-state index is 10.8. The molecule has 3 rings (SSSR count). The molecule has 0 aliphatic carbocycles. The van der Waals surface area contributed by atoms with Crippen molar-refractivity contribution in [1.29, 1.82) is 0 Å². The van der Waals surface area contributed by atoms with Gasteiger partial charge in [-0.3, -0.25) is 24.6 Å². The maximum atomic E-state index is 10.8. The van der Waals surface area contributed by atoms with Gasteiger partial charge in [-0.05, 0) is 12.1 Å². The molecular formula is C17H23N5O3. The molecule has 1 aliphatic rings. The highest BCUT2D eigenvalue weighted by Crippen LogP contribution is 2.25. The molecular weight excluding hydrogens is 322 g/mol. The van der Waals surface area contributed by atoms with Crippen LogP contribution < -0.4 is 0 Å². The molecule has 0 radical (unpaired) electrons. The van der Waals surface area contributed by atoms with Crippen molar-refractivity contribution in [3.8, 4) is 11.3 Å². The van der Waals surface area contributed by atoms with Gasteiger partial charge in [0.1, 0.15) is 0 Å². The summed E-state index contributed by atoms with van der Waals surface area (Å²) in [6.45, 7) is 5.54. The van der Waals surface area contributed by atoms with Gasteiger partial charge in [0.15, 0.2) is 0 Å². The second kappa shape index (κ2) is 7.73. The Morgan fingerprint density at radius 2 is 1.80 bits per heavy atom. The van der Waals surface area contributed by atoms with Crippen molar-refractivity contribution < 1.29 is 10.0 Å². The number of hydrogen-bond acceptors (Lipinski definition) is 6. The molecule has 25 heavy (non-hydrogen) atoms. The minimum Gasteiger partial charge on any atom is -0.395 e. The summed E-state index contributed by atoms with van der Waals surface area (Å²) in [7, 11) is 1.89. The van der Waals surface area contributed by atoms with Crippen molar-refractivity contribution in [3.05, 3.63) is 46.1 Å². The van der Waals surface area contributed by atoms with Crippen LogP contribution in [0.5, 0.6) is 0 Å². The van der Waals surface area contributed by atoms with E-state index in [-0.39, 0.29) is 12.3 Å². The van der Waals surface area contributed by atoms with Crippen LogP contribution in [0.2, 0.25) is 0 Å². The van der Waals surface area contributed by atoms with E-state index in [9.17, 15) is 10.1 Å². The Kier molecular flexibility index (Phi) is 5.42. The number of nitro benzene ring substituents is 1. The van der Waals surface area contributed by atoms with Crippen molar-refractivity contribution >= 4 is 5.69 Å². The number of β-amino-alcohol motifs (C(OH)–C–C–N with tert-alkyl or cyclic N) is 1. The third-order valence-electron chi connectivity index (χ3n) is 4.53. The fourth-order valence-electron chi connectivity index (χ4n) is 3.19. The number of nitro groups is 1. The monoisotopic (exact) mass is 345 g/mol. The molecule has 0 bridgehead atoms. The highest BCUT2D eigenvalue weighted by Gasteiger charge is 2.19. The standard InChI is InChI=1S/C17H23N5O3/c1-19-12-15(13-21-8-6-20(7-9-21)10-11-23)17(18-19)14-2-4-16(5-3-14)22(24)25/h2-5,12,23H,6-11,13H2,1H3. The first-order valence-electron chi connectivity index (χ1n) is 8.39. The zero-order chi connectivity index (χ0) is 17.8. The molecule has 0 saturated carbocycles. The van der Waals surface area contributed by atoms with E-state index in [1.165, 1.54) is 12.1 Å². The number of aryl methyl sites for hydroxylation is 1. The molecule has 0 spiro atoms. The van der Waals surface area contributed by atoms with Gasteiger partial charge in [0.2, 0.25) is 0 Å². The van der Waals surface area contributed by atoms with Crippen LogP contribution in [0, 0.1) is 10.1 Å². The molecule has 2 heterocycles. The average Bonchev–Trinajstić information content (AvgIpc) is 2.97. The molecule has 0 atom stereocenters. The quantitative estimate of drug-likeness (QED) is 0.623. The Morgan fingerprint density at radius 3 is 2.40 bits per heavy atom. The first-order valence-corrected chi connectivity index (χ1v) is 8.39. The van der Waals surface area contributed by atoms with Gasteiger partial charge in [-0.25, -0.2) is 0 Å². The van der Waals surface area contributed by atoms with Crippen LogP contribution in [0.4, 0.5) is 5.69 Å². The van der Waals surface area contributed by atoms with E-state index in [1.54, 1.807) is 16.8 Å². The van der Waals surface area contributed by atoms with Crippen molar-refractivity contribution in [2.24, 2.45) is 7.05 Å². The van der Waals surface area contributed by atoms with Crippen LogP contribution >= 0.6 is 0 Å². The maximum Gasteiger partial charge on any atom is 0.269 e. The predicted molar refractivity (Wildman–Crippen MR) is 94.1 cm³/mol. The molecule has 0 unspecified atom stereocenters. The number of non-ortho nitro benzene ring substituents is 1. The van der Waals surface area contributed by atoms with E-state index in [1.807, 2.05) is 13.2 Å². The van der Waals surface area contributed by atoms with E-state index in [4.69, 9.17) is 5.11 Å². The molecule has 2 aromatic rings. The van der Waals surface area contributed by atoms with E-state index in [0.717, 1.165) is 56.1 Å². The van der Waals surface area contributed by atoms with E-state index < -0.39 is 4.92 Å². The van der Waals surface area contributed by atoms with Gasteiger partial charge in [0, 0.05) is 75.8 Å². The predicted octanol–water partition coefficient (Wildman–Crippen LogP) is 1.11. The van der Waals surface area contributed by atoms with Crippen LogP contribution in [0.15, 0.2) is 30.5 Å². The molecule has 8 heteroatoms. The summed E-state index contributed by atoms with van der Waals surface area (Å²) < 4.78 is 1.79. The Morgan fingerprint density at radius 1 is 1.16 bits per heavy atom. The summed E-state index contributed by atoms with van der Waals surface area (Å²) in [6.07, 6.45) is 2.01. The average molecular weight is 345 g/mol. The Balaban J connectivity index is 1.72. The summed E-state index contributed by atoms with van der Waals surface area (Å²) in [5, 5.41) is 24.4. The molecule has 1 N–H and O–H groups in total. The van der Waals surface area contributed by atoms with Crippen molar-refractivity contribution in [1.82, 2.24) is 19.6 Å². The lowest BCUT2D eigenvalue weighted by molar-refractivity contribution is -0.384. The van der Waals surface area contributed by atoms with Crippen LogP contribution in [-0.2, 0) is 13.6 Å². The first-order chi connectivity index (χ1) is 12.1. The molecule has 1 saturated heterocycles. The topological polar surface area (TPSA) is 87.7 Å². The number of rotatable bonds is 6. The zero-order valence-corrected chi connectivity index (χ0v) is 14.3. The van der Waals surface area contributed by atoms with Crippen molar-refractivity contribution in [3.63, 3.8) is 0 Å². The molecule has 1 aliphatic heterocycles. The van der Waals surface area contributed by atoms with Gasteiger partial charge < -0.3 is 5.11 Å². The molecule has 8 nitrogen and oxygen atoms in total. The van der Waals surface area contributed by atoms with Gasteiger partial charge >= 0.3 is 0 Å². The van der Waals surface area contributed by atoms with Gasteiger partial charge in [-0.2, -0.15) is 5.10 Å². The van der Waals surface area contributed by atoms with Crippen molar-refractivity contribution in [2.75, 3.05) is 39.3 Å². The third-order valence-corrected chi connectivity index (χ3v) is 4.53. The van der Waals surface area contributed by atoms with Crippen LogP contribution in [0.3, 0.4) is 0 Å². The molecule has 0 amide bonds. The van der Waals surface area contributed by atoms with Crippen LogP contribution in [-0.4, -0.2) is 68.9 Å². The number of hydrogen-bond donors (Lipinski definition) is 1. The Labute approximate surface area is 146 Å². The van der Waals surface area contributed by atoms with Gasteiger partial charge in [0.25, 0.3) is 5.69 Å². The molecule has 1 aromatic carbocycles. The summed E-state index contributed by atoms with van der Waals surface area (Å²) in [6, 6.07) is 6.54. The second-order valence-corrected chi connectivity index (χ2v) is 6.32. The summed E-state index contributed by atoms with van der Waals surface area (Å²) in [4.78, 5) is 15.1. The van der Waals surface area contributed by atoms with E-state index in [2.05, 4.69) is 14.9 Å². The third kappa shape index (κ3) is 4.22. The zero-order valence-electron chi connectivity index (χ0n) is 14.3. The van der Waals surface area contributed by atoms with Crippen LogP contribution in [0.1, 0.15) is 5.56 Å². The Hall–Kier alpha value is -2.29. The largest absolute Gasteiger partial charge is 0.395 e. The van der Waals surface area contributed by atoms with E-state index >= 15 is 0 Å². The minimum atomic E-state index is -0.394. The van der Waals surface area contributed by atoms with E-state index in [0.29, 0.717) is 0 Å². The summed E-state index contributed by atoms with van der Waals surface area (Å²) >= 11 is 0. The minimum absolute atomic E-state index is 0.0845. The number of aliphatic hydroxyl groups excluding tert-OH is 1. The fraction of sp³-hybridized carbons (Fsp3) is 0.471. The Bertz CT molecular complexity index is 720. The smallest absolute Gasteiger partial charge is 0.269 e. The number of aromatic nitrogens is 2. The first kappa shape index (κ1) is 17.5. The van der Waals surface area contributed by atoms with Crippen molar-refractivity contribution in [2.45, 2.75) is 6.54 Å². The van der Waals surface area contributed by atoms with Gasteiger partial charge in [-0.1, -0.05) is 0 Å². The molecule has 1 fully saturated rings. The summed E-state index contributed by atoms with van der Waals surface area (Å²) in [5.41, 5.74) is 2.96. The lowest BCUT2D eigenvalue weighted by Gasteiger charge is -2.34. The number of benzene rings is 1. The lowest BCUT2D eigenvalue weighted by Crippen LogP contribution is -2.46. The fourth-order valence-corrected chi connectivity index (χ4v) is 3.19. The highest BCUT2D eigenvalue weighted by molar-refractivity contribution is 5.64. The highest BCUT2D eigenvalue weighted by atomic mass is 16.6. The number of piperazine rings is 1. The van der Waals surface area contributed by atoms with Gasteiger partial charge in [-0.15, -0.1) is 0 Å². The normalized spacial score (nSPS) is 16.2. The molecule has 134 valence electrons. The number of nitrogens with zero attached hydrogens (tertiary/aromatic N) is 5. The molecule has 1 aromatic heterocycles.